The van der Waals surface area contributed by atoms with Crippen LogP contribution in [-0.4, -0.2) is 28.8 Å². The van der Waals surface area contributed by atoms with Gasteiger partial charge in [0.1, 0.15) is 18.1 Å². The van der Waals surface area contributed by atoms with Crippen molar-refractivity contribution in [2.45, 2.75) is 25.9 Å². The van der Waals surface area contributed by atoms with E-state index in [0.717, 1.165) is 28.2 Å². The van der Waals surface area contributed by atoms with Crippen molar-refractivity contribution in [1.82, 2.24) is 5.16 Å². The standard InChI is InChI=1S/C24H18N2O4S2.CH4O/c1-15(16-5-3-2-4-6-16)29-23(27)25-19-13-28-26-18(19)8-7-17-11-20-21(31-17)12-22-24(9-10-24)14-32(22)30-20;1-2/h2-6,11-15H,9-10H2,1H3,(H,25,27);2H,1H3. The Labute approximate surface area is 203 Å². The summed E-state index contributed by atoms with van der Waals surface area (Å²) >= 11 is 1.60. The molecule has 2 atom stereocenters. The molecule has 1 fully saturated rings. The number of benzene rings is 1. The van der Waals surface area contributed by atoms with Gasteiger partial charge in [0.2, 0.25) is 0 Å². The molecular formula is C25H22N2O5S2. The molecule has 1 amide bonds. The number of fused-ring (bicyclic) bond motifs is 3. The molecule has 7 nitrogen and oxygen atoms in total. The van der Waals surface area contributed by atoms with Gasteiger partial charge in [-0.25, -0.2) is 4.79 Å². The average molecular weight is 495 g/mol. The average Bonchev–Trinajstić information content (AvgIpc) is 3.39. The number of nitrogens with zero attached hydrogens (tertiary/aromatic N) is 1. The van der Waals surface area contributed by atoms with Gasteiger partial charge < -0.3 is 18.5 Å². The third-order valence-electron chi connectivity index (χ3n) is 5.66. The highest BCUT2D eigenvalue weighted by Gasteiger charge is 2.54. The first kappa shape index (κ1) is 22.5. The van der Waals surface area contributed by atoms with E-state index in [1.807, 2.05) is 43.3 Å². The summed E-state index contributed by atoms with van der Waals surface area (Å²) in [6.07, 6.45) is 5.12. The molecule has 34 heavy (non-hydrogen) atoms. The molecule has 0 bridgehead atoms. The van der Waals surface area contributed by atoms with E-state index in [1.54, 1.807) is 11.3 Å². The van der Waals surface area contributed by atoms with Crippen molar-refractivity contribution in [3.05, 3.63) is 68.6 Å². The first-order chi connectivity index (χ1) is 16.6. The first-order valence-corrected chi connectivity index (χ1v) is 12.7. The topological polar surface area (TPSA) is 93.8 Å². The Balaban J connectivity index is 0.00000117. The molecule has 3 aromatic rings. The van der Waals surface area contributed by atoms with Gasteiger partial charge >= 0.3 is 6.09 Å². The lowest BCUT2D eigenvalue weighted by Gasteiger charge is -2.32. The first-order valence-electron chi connectivity index (χ1n) is 10.7. The number of aromatic nitrogens is 1. The minimum atomic E-state index is -0.596. The number of anilines is 1. The van der Waals surface area contributed by atoms with Crippen molar-refractivity contribution in [1.29, 1.82) is 0 Å². The molecule has 2 aliphatic heterocycles. The molecule has 2 unspecified atom stereocenters. The number of nitrogens with one attached hydrogen (secondary N) is 1. The smallest absolute Gasteiger partial charge is 0.412 e. The van der Waals surface area contributed by atoms with E-state index in [9.17, 15) is 4.79 Å². The van der Waals surface area contributed by atoms with Crippen LogP contribution < -0.4 is 9.50 Å². The molecule has 4 heterocycles. The summed E-state index contributed by atoms with van der Waals surface area (Å²) in [5.74, 6) is 6.97. The van der Waals surface area contributed by atoms with Crippen molar-refractivity contribution in [2.24, 2.45) is 5.41 Å². The van der Waals surface area contributed by atoms with Crippen LogP contribution in [0.4, 0.5) is 10.5 Å². The predicted octanol–water partition coefficient (Wildman–Crippen LogP) is 5.57. The molecule has 0 radical (unpaired) electrons. The predicted molar refractivity (Wildman–Crippen MR) is 134 cm³/mol. The van der Waals surface area contributed by atoms with Crippen LogP contribution in [0, 0.1) is 17.3 Å². The fourth-order valence-corrected chi connectivity index (χ4v) is 6.79. The van der Waals surface area contributed by atoms with Crippen LogP contribution >= 0.6 is 22.1 Å². The van der Waals surface area contributed by atoms with Gasteiger partial charge in [-0.3, -0.25) is 5.32 Å². The minimum absolute atomic E-state index is 0.166. The quantitative estimate of drug-likeness (QED) is 0.365. The summed E-state index contributed by atoms with van der Waals surface area (Å²) in [5.41, 5.74) is 1.95. The minimum Gasteiger partial charge on any atom is -0.441 e. The fraction of sp³-hybridized carbons (Fsp3) is 0.240. The number of aliphatic hydroxyl groups excluding tert-OH is 1. The van der Waals surface area contributed by atoms with E-state index in [1.165, 1.54) is 24.0 Å². The van der Waals surface area contributed by atoms with Crippen LogP contribution in [-0.2, 0) is 4.74 Å². The summed E-state index contributed by atoms with van der Waals surface area (Å²) in [6, 6.07) is 11.5. The summed E-state index contributed by atoms with van der Waals surface area (Å²) < 4.78 is 16.6. The zero-order valence-electron chi connectivity index (χ0n) is 18.5. The highest BCUT2D eigenvalue weighted by Crippen LogP contribution is 2.67. The summed E-state index contributed by atoms with van der Waals surface area (Å²) in [6.45, 7) is 1.81. The van der Waals surface area contributed by atoms with Crippen LogP contribution in [0.5, 0.6) is 5.75 Å². The van der Waals surface area contributed by atoms with Gasteiger partial charge in [0, 0.05) is 34.3 Å². The highest BCUT2D eigenvalue weighted by atomic mass is 32.2. The number of hydrogen-bond donors (Lipinski definition) is 2. The number of amides is 1. The largest absolute Gasteiger partial charge is 0.441 e. The normalized spacial score (nSPS) is 18.6. The van der Waals surface area contributed by atoms with Crippen molar-refractivity contribution < 1.29 is 23.3 Å². The van der Waals surface area contributed by atoms with Gasteiger partial charge in [0.05, 0.1) is 9.75 Å². The Hall–Kier alpha value is -3.32. The molecule has 2 N–H and O–H groups in total. The lowest BCUT2D eigenvalue weighted by atomic mass is 10.1. The molecule has 0 saturated heterocycles. The third kappa shape index (κ3) is 4.28. The Morgan fingerprint density at radius 2 is 2.09 bits per heavy atom. The summed E-state index contributed by atoms with van der Waals surface area (Å²) in [5, 5.41) is 15.9. The second kappa shape index (κ2) is 9.14. The number of thiophene rings is 1. The van der Waals surface area contributed by atoms with E-state index >= 15 is 0 Å². The molecule has 3 aliphatic rings. The summed E-state index contributed by atoms with van der Waals surface area (Å²) in [4.78, 5) is 15.7. The Bertz CT molecular complexity index is 1360. The molecule has 6 rings (SSSR count). The van der Waals surface area contributed by atoms with Crippen LogP contribution in [0.2, 0.25) is 0 Å². The van der Waals surface area contributed by atoms with Crippen LogP contribution in [0.15, 0.2) is 52.1 Å². The van der Waals surface area contributed by atoms with Gasteiger partial charge in [0.25, 0.3) is 0 Å². The number of carbonyl (C=O) groups is 1. The van der Waals surface area contributed by atoms with E-state index in [-0.39, 0.29) is 16.9 Å². The number of allylic oxidation sites excluding steroid dienone is 1. The molecule has 174 valence electrons. The maximum absolute atomic E-state index is 12.3. The van der Waals surface area contributed by atoms with Crippen LogP contribution in [0.25, 0.3) is 6.08 Å². The van der Waals surface area contributed by atoms with Crippen LogP contribution in [0.1, 0.15) is 46.9 Å². The Kier molecular flexibility index (Phi) is 6.04. The highest BCUT2D eigenvalue weighted by molar-refractivity contribution is 8.16. The Morgan fingerprint density at radius 3 is 2.85 bits per heavy atom. The monoisotopic (exact) mass is 494 g/mol. The lowest BCUT2D eigenvalue weighted by molar-refractivity contribution is 0.121. The molecular weight excluding hydrogens is 472 g/mol. The Morgan fingerprint density at radius 1 is 1.29 bits per heavy atom. The summed E-state index contributed by atoms with van der Waals surface area (Å²) in [7, 11) is 0.834. The number of aliphatic hydroxyl groups is 1. The lowest BCUT2D eigenvalue weighted by Crippen LogP contribution is -2.19. The van der Waals surface area contributed by atoms with Crippen LogP contribution in [0.3, 0.4) is 0 Å². The van der Waals surface area contributed by atoms with E-state index < -0.39 is 6.09 Å². The number of hydrogen-bond acceptors (Lipinski definition) is 7. The number of ether oxygens (including phenoxy) is 1. The van der Waals surface area contributed by atoms with Gasteiger partial charge in [0.15, 0.2) is 11.4 Å². The van der Waals surface area contributed by atoms with E-state index in [4.69, 9.17) is 18.5 Å². The van der Waals surface area contributed by atoms with Crippen molar-refractivity contribution in [3.8, 4) is 17.6 Å². The van der Waals surface area contributed by atoms with Gasteiger partial charge in [-0.2, -0.15) is 0 Å². The number of carbonyl (C=O) groups excluding carboxylic acids is 1. The fourth-order valence-electron chi connectivity index (χ4n) is 3.70. The zero-order chi connectivity index (χ0) is 23.7. The second-order valence-electron chi connectivity index (χ2n) is 7.91. The maximum Gasteiger partial charge on any atom is 0.412 e. The molecule has 1 aromatic carbocycles. The third-order valence-corrected chi connectivity index (χ3v) is 8.62. The molecule has 1 aliphatic carbocycles. The zero-order valence-corrected chi connectivity index (χ0v) is 20.2. The van der Waals surface area contributed by atoms with Gasteiger partial charge in [-0.15, -0.1) is 11.3 Å². The van der Waals surface area contributed by atoms with Crippen molar-refractivity contribution in [2.75, 3.05) is 12.4 Å². The van der Waals surface area contributed by atoms with E-state index in [2.05, 4.69) is 33.8 Å². The van der Waals surface area contributed by atoms with Gasteiger partial charge in [-0.1, -0.05) is 35.5 Å². The van der Waals surface area contributed by atoms with E-state index in [0.29, 0.717) is 16.8 Å². The molecule has 2 aromatic heterocycles. The van der Waals surface area contributed by atoms with Gasteiger partial charge in [-0.05, 0) is 48.6 Å². The van der Waals surface area contributed by atoms with Crippen molar-refractivity contribution >= 4 is 45.3 Å². The maximum atomic E-state index is 12.3. The molecule has 9 heteroatoms. The molecule has 1 spiro atoms. The molecule has 1 saturated carbocycles. The second-order valence-corrected chi connectivity index (χ2v) is 10.4. The SMILES string of the molecule is CC(OC(=O)Nc1conc1C#Cc1cc2c(s1)C=C1S(=CC13CC3)O2)c1ccccc1.CO. The number of rotatable bonds is 3. The van der Waals surface area contributed by atoms with Crippen molar-refractivity contribution in [3.63, 3.8) is 0 Å².